The Hall–Kier alpha value is -1.50. The molecule has 0 spiro atoms. The Kier molecular flexibility index (Phi) is 3.73. The van der Waals surface area contributed by atoms with Gasteiger partial charge in [0.25, 0.3) is 0 Å². The van der Waals surface area contributed by atoms with E-state index in [9.17, 15) is 0 Å². The molecule has 2 aromatic rings. The van der Waals surface area contributed by atoms with E-state index in [1.165, 1.54) is 5.39 Å². The van der Waals surface area contributed by atoms with Crippen LogP contribution in [-0.2, 0) is 10.4 Å². The Morgan fingerprint density at radius 3 is 2.13 bits per heavy atom. The van der Waals surface area contributed by atoms with Gasteiger partial charge in [0.1, 0.15) is 0 Å². The monoisotopic (exact) mass is 227 g/mol. The molecular weight excluding hydrogens is 218 g/mol. The molecule has 2 rings (SSSR count). The van der Waals surface area contributed by atoms with E-state index in [0.29, 0.717) is 0 Å². The van der Waals surface area contributed by atoms with E-state index in [-0.39, 0.29) is 0 Å². The van der Waals surface area contributed by atoms with Gasteiger partial charge in [-0.3, -0.25) is 14.1 Å². The molecule has 0 bridgehead atoms. The van der Waals surface area contributed by atoms with Gasteiger partial charge >= 0.3 is 10.4 Å². The summed E-state index contributed by atoms with van der Waals surface area (Å²) in [4.78, 5) is 4.18. The van der Waals surface area contributed by atoms with Crippen LogP contribution < -0.4 is 0 Å². The summed E-state index contributed by atoms with van der Waals surface area (Å²) in [6.07, 6.45) is 1.81. The zero-order valence-electron chi connectivity index (χ0n) is 7.61. The summed E-state index contributed by atoms with van der Waals surface area (Å²) >= 11 is 0. The van der Waals surface area contributed by atoms with Crippen LogP contribution in [0.4, 0.5) is 0 Å². The molecule has 0 unspecified atom stereocenters. The fourth-order valence-corrected chi connectivity index (χ4v) is 1.02. The van der Waals surface area contributed by atoms with E-state index in [1.54, 1.807) is 0 Å². The third-order valence-electron chi connectivity index (χ3n) is 1.51. The highest BCUT2D eigenvalue weighted by molar-refractivity contribution is 7.79. The quantitative estimate of drug-likeness (QED) is 0.667. The van der Waals surface area contributed by atoms with E-state index < -0.39 is 10.4 Å². The van der Waals surface area contributed by atoms with Crippen molar-refractivity contribution in [3.05, 3.63) is 42.6 Å². The lowest BCUT2D eigenvalue weighted by atomic mass is 10.2. The maximum atomic E-state index is 8.74. The van der Waals surface area contributed by atoms with Gasteiger partial charge in [0.2, 0.25) is 0 Å². The Bertz CT molecular complexity index is 465. The highest BCUT2D eigenvalue weighted by Gasteiger charge is 1.86. The van der Waals surface area contributed by atoms with E-state index >= 15 is 0 Å². The number of pyridine rings is 1. The topological polar surface area (TPSA) is 87.5 Å². The molecule has 80 valence electrons. The zero-order chi connectivity index (χ0) is 11.3. The summed E-state index contributed by atoms with van der Waals surface area (Å²) in [5.74, 6) is 0. The van der Waals surface area contributed by atoms with Crippen LogP contribution in [0, 0.1) is 0 Å². The van der Waals surface area contributed by atoms with E-state index in [0.717, 1.165) is 5.52 Å². The molecule has 2 N–H and O–H groups in total. The van der Waals surface area contributed by atoms with Gasteiger partial charge in [-0.1, -0.05) is 24.3 Å². The Morgan fingerprint density at radius 2 is 1.53 bits per heavy atom. The van der Waals surface area contributed by atoms with Crippen molar-refractivity contribution in [2.24, 2.45) is 0 Å². The number of rotatable bonds is 0. The van der Waals surface area contributed by atoms with Crippen LogP contribution in [0.5, 0.6) is 0 Å². The molecule has 0 saturated heterocycles. The number of aromatic nitrogens is 1. The first-order valence-electron chi connectivity index (χ1n) is 3.96. The number of hydrogen-bond acceptors (Lipinski definition) is 3. The molecule has 0 atom stereocenters. The predicted molar refractivity (Wildman–Crippen MR) is 55.9 cm³/mol. The summed E-state index contributed by atoms with van der Waals surface area (Å²) in [6, 6.07) is 12.1. The number of nitrogens with zero attached hydrogens (tertiary/aromatic N) is 1. The molecule has 15 heavy (non-hydrogen) atoms. The molecule has 1 heterocycles. The van der Waals surface area contributed by atoms with Gasteiger partial charge in [-0.25, -0.2) is 0 Å². The smallest absolute Gasteiger partial charge is 0.264 e. The second kappa shape index (κ2) is 4.83. The first-order valence-corrected chi connectivity index (χ1v) is 5.36. The van der Waals surface area contributed by atoms with Crippen molar-refractivity contribution in [1.29, 1.82) is 0 Å². The Balaban J connectivity index is 0.000000195. The largest absolute Gasteiger partial charge is 0.394 e. The van der Waals surface area contributed by atoms with Crippen LogP contribution in [0.3, 0.4) is 0 Å². The van der Waals surface area contributed by atoms with Gasteiger partial charge in [-0.15, -0.1) is 0 Å². The molecule has 0 aliphatic rings. The molecule has 1 aromatic heterocycles. The van der Waals surface area contributed by atoms with Crippen molar-refractivity contribution >= 4 is 21.3 Å². The zero-order valence-corrected chi connectivity index (χ0v) is 8.42. The van der Waals surface area contributed by atoms with Crippen LogP contribution >= 0.6 is 0 Å². The second-order valence-corrected chi connectivity index (χ2v) is 3.54. The van der Waals surface area contributed by atoms with Gasteiger partial charge in [0, 0.05) is 11.6 Å². The standard InChI is InChI=1S/C9H7N.H2O4S/c1-2-6-9-8(4-1)5-3-7-10-9;1-5(2,3)4/h1-7H;(H2,1,2,3,4). The van der Waals surface area contributed by atoms with Crippen LogP contribution in [0.15, 0.2) is 42.6 Å². The average molecular weight is 227 g/mol. The molecule has 0 aliphatic heterocycles. The molecule has 1 aromatic carbocycles. The lowest BCUT2D eigenvalue weighted by Gasteiger charge is -1.91. The van der Waals surface area contributed by atoms with E-state index in [2.05, 4.69) is 17.1 Å². The molecule has 5 nitrogen and oxygen atoms in total. The van der Waals surface area contributed by atoms with E-state index in [4.69, 9.17) is 17.5 Å². The van der Waals surface area contributed by atoms with Crippen LogP contribution in [0.1, 0.15) is 0 Å². The van der Waals surface area contributed by atoms with Crippen molar-refractivity contribution in [2.75, 3.05) is 0 Å². The fourth-order valence-electron chi connectivity index (χ4n) is 1.02. The minimum Gasteiger partial charge on any atom is -0.264 e. The van der Waals surface area contributed by atoms with Crippen molar-refractivity contribution in [2.45, 2.75) is 0 Å². The fraction of sp³-hybridized carbons (Fsp3) is 0. The molecule has 6 heteroatoms. The van der Waals surface area contributed by atoms with Crippen molar-refractivity contribution in [3.8, 4) is 0 Å². The van der Waals surface area contributed by atoms with Crippen LogP contribution in [0.2, 0.25) is 0 Å². The number of fused-ring (bicyclic) bond motifs is 1. The van der Waals surface area contributed by atoms with Crippen LogP contribution in [0.25, 0.3) is 10.9 Å². The van der Waals surface area contributed by atoms with Crippen LogP contribution in [-0.4, -0.2) is 22.5 Å². The molecular formula is C9H9NO4S. The summed E-state index contributed by atoms with van der Waals surface area (Å²) in [6.45, 7) is 0. The number of benzene rings is 1. The lowest BCUT2D eigenvalue weighted by molar-refractivity contribution is 0.381. The SMILES string of the molecule is O=S(=O)(O)O.c1ccc2ncccc2c1. The van der Waals surface area contributed by atoms with Crippen molar-refractivity contribution in [1.82, 2.24) is 4.98 Å². The third kappa shape index (κ3) is 5.06. The molecule has 0 fully saturated rings. The normalized spacial score (nSPS) is 10.5. The Labute approximate surface area is 87.0 Å². The van der Waals surface area contributed by atoms with Gasteiger partial charge in [-0.05, 0) is 12.1 Å². The first kappa shape index (κ1) is 11.6. The first-order chi connectivity index (χ1) is 6.97. The minimum absolute atomic E-state index is 1.06. The number of para-hydroxylation sites is 1. The van der Waals surface area contributed by atoms with Gasteiger partial charge < -0.3 is 0 Å². The summed E-state index contributed by atoms with van der Waals surface area (Å²) in [7, 11) is -4.67. The highest BCUT2D eigenvalue weighted by atomic mass is 32.3. The number of hydrogen-bond donors (Lipinski definition) is 2. The van der Waals surface area contributed by atoms with Gasteiger partial charge in [0.15, 0.2) is 0 Å². The predicted octanol–water partition coefficient (Wildman–Crippen LogP) is 1.58. The summed E-state index contributed by atoms with van der Waals surface area (Å²) < 4.78 is 31.6. The maximum Gasteiger partial charge on any atom is 0.394 e. The second-order valence-electron chi connectivity index (χ2n) is 2.64. The third-order valence-corrected chi connectivity index (χ3v) is 1.51. The average Bonchev–Trinajstić information content (AvgIpc) is 2.16. The summed E-state index contributed by atoms with van der Waals surface area (Å²) in [5.41, 5.74) is 1.06. The molecule has 0 saturated carbocycles. The molecule has 0 amide bonds. The van der Waals surface area contributed by atoms with E-state index in [1.807, 2.05) is 30.5 Å². The van der Waals surface area contributed by atoms with Gasteiger partial charge in [0.05, 0.1) is 5.52 Å². The lowest BCUT2D eigenvalue weighted by Crippen LogP contribution is -1.89. The van der Waals surface area contributed by atoms with Crippen molar-refractivity contribution < 1.29 is 17.5 Å². The van der Waals surface area contributed by atoms with Crippen molar-refractivity contribution in [3.63, 3.8) is 0 Å². The minimum atomic E-state index is -4.67. The summed E-state index contributed by atoms with van der Waals surface area (Å²) in [5, 5.41) is 1.20. The molecule has 0 aliphatic carbocycles. The Morgan fingerprint density at radius 1 is 1.00 bits per heavy atom. The maximum absolute atomic E-state index is 8.74. The van der Waals surface area contributed by atoms with Gasteiger partial charge in [-0.2, -0.15) is 8.42 Å². The molecule has 0 radical (unpaired) electrons. The highest BCUT2D eigenvalue weighted by Crippen LogP contribution is 2.07.